The summed E-state index contributed by atoms with van der Waals surface area (Å²) in [6.45, 7) is 8.73. The Hall–Kier alpha value is -2.36. The number of aromatic nitrogens is 1. The molecule has 2 N–H and O–H groups in total. The monoisotopic (exact) mass is 342 g/mol. The number of hydrogen-bond acceptors (Lipinski definition) is 3. The van der Waals surface area contributed by atoms with E-state index in [4.69, 9.17) is 15.3 Å². The third-order valence-electron chi connectivity index (χ3n) is 4.96. The molecule has 1 saturated carbocycles. The van der Waals surface area contributed by atoms with Crippen LogP contribution in [0.1, 0.15) is 56.4 Å². The summed E-state index contributed by atoms with van der Waals surface area (Å²) in [4.78, 5) is 0. The number of nitrogens with zero attached hydrogens (tertiary/aromatic N) is 1. The van der Waals surface area contributed by atoms with Gasteiger partial charge in [0, 0.05) is 11.8 Å². The number of ether oxygens (including phenoxy) is 2. The van der Waals surface area contributed by atoms with Crippen LogP contribution in [-0.2, 0) is 4.74 Å². The molecule has 0 amide bonds. The molecule has 25 heavy (non-hydrogen) atoms. The summed E-state index contributed by atoms with van der Waals surface area (Å²) < 4.78 is 12.8. The number of nitrogens with two attached hydrogens (primary N) is 1. The van der Waals surface area contributed by atoms with E-state index < -0.39 is 0 Å². The van der Waals surface area contributed by atoms with Crippen LogP contribution in [0.5, 0.6) is 5.75 Å². The Bertz CT molecular complexity index is 757. The highest BCUT2D eigenvalue weighted by molar-refractivity contribution is 5.78. The van der Waals surface area contributed by atoms with Gasteiger partial charge in [-0.05, 0) is 55.4 Å². The van der Waals surface area contributed by atoms with Crippen molar-refractivity contribution >= 4 is 5.76 Å². The van der Waals surface area contributed by atoms with Gasteiger partial charge < -0.3 is 15.3 Å². The Morgan fingerprint density at radius 3 is 2.60 bits per heavy atom. The summed E-state index contributed by atoms with van der Waals surface area (Å²) in [6, 6.07) is 6.14. The van der Waals surface area contributed by atoms with E-state index >= 15 is 0 Å². The molecular weight excluding hydrogens is 312 g/mol. The molecule has 2 aromatic rings. The quantitative estimate of drug-likeness (QED) is 0.587. The summed E-state index contributed by atoms with van der Waals surface area (Å²) in [7, 11) is 1.70. The SMILES string of the molecule is C.C=C(OCC)c1c(C2CCC2)c(-c2cccc(OC)c2C)cn1N. The molecule has 1 fully saturated rings. The van der Waals surface area contributed by atoms with Crippen molar-refractivity contribution in [1.29, 1.82) is 0 Å². The molecule has 0 bridgehead atoms. The minimum atomic E-state index is 0. The topological polar surface area (TPSA) is 49.4 Å². The van der Waals surface area contributed by atoms with Gasteiger partial charge in [-0.1, -0.05) is 32.6 Å². The van der Waals surface area contributed by atoms with Crippen LogP contribution in [0.25, 0.3) is 16.9 Å². The molecule has 3 rings (SSSR count). The normalized spacial score (nSPS) is 13.7. The first kappa shape index (κ1) is 19.0. The van der Waals surface area contributed by atoms with E-state index in [0.29, 0.717) is 18.3 Å². The van der Waals surface area contributed by atoms with Gasteiger partial charge >= 0.3 is 0 Å². The molecule has 1 aromatic heterocycles. The van der Waals surface area contributed by atoms with Gasteiger partial charge in [0.1, 0.15) is 17.2 Å². The van der Waals surface area contributed by atoms with E-state index in [1.807, 2.05) is 25.3 Å². The maximum atomic E-state index is 6.29. The predicted molar refractivity (Wildman–Crippen MR) is 105 cm³/mol. The second-order valence-electron chi connectivity index (χ2n) is 6.33. The second-order valence-corrected chi connectivity index (χ2v) is 6.33. The van der Waals surface area contributed by atoms with Crippen LogP contribution in [0.3, 0.4) is 0 Å². The molecule has 136 valence electrons. The van der Waals surface area contributed by atoms with Gasteiger partial charge in [-0.25, -0.2) is 0 Å². The summed E-state index contributed by atoms with van der Waals surface area (Å²) in [5.74, 6) is 8.35. The zero-order chi connectivity index (χ0) is 17.3. The first-order valence-electron chi connectivity index (χ1n) is 8.54. The first-order valence-corrected chi connectivity index (χ1v) is 8.54. The highest BCUT2D eigenvalue weighted by Crippen LogP contribution is 2.46. The largest absolute Gasteiger partial charge is 0.496 e. The van der Waals surface area contributed by atoms with E-state index in [0.717, 1.165) is 28.1 Å². The van der Waals surface area contributed by atoms with Crippen molar-refractivity contribution in [1.82, 2.24) is 4.68 Å². The van der Waals surface area contributed by atoms with Crippen LogP contribution in [0, 0.1) is 6.92 Å². The lowest BCUT2D eigenvalue weighted by molar-refractivity contribution is 0.295. The Labute approximate surface area is 151 Å². The minimum absolute atomic E-state index is 0. The Morgan fingerprint density at radius 2 is 2.04 bits per heavy atom. The van der Waals surface area contributed by atoms with Crippen LogP contribution in [-0.4, -0.2) is 18.4 Å². The smallest absolute Gasteiger partial charge is 0.137 e. The van der Waals surface area contributed by atoms with Gasteiger partial charge in [-0.15, -0.1) is 0 Å². The second kappa shape index (κ2) is 7.68. The number of benzene rings is 1. The highest BCUT2D eigenvalue weighted by Gasteiger charge is 2.30. The zero-order valence-corrected chi connectivity index (χ0v) is 14.8. The molecule has 1 heterocycles. The highest BCUT2D eigenvalue weighted by atomic mass is 16.5. The minimum Gasteiger partial charge on any atom is -0.496 e. The number of nitrogen functional groups attached to an aromatic ring is 1. The summed E-state index contributed by atoms with van der Waals surface area (Å²) in [5.41, 5.74) is 5.62. The third-order valence-corrected chi connectivity index (χ3v) is 4.96. The zero-order valence-electron chi connectivity index (χ0n) is 14.8. The fourth-order valence-electron chi connectivity index (χ4n) is 3.53. The van der Waals surface area contributed by atoms with Crippen LogP contribution >= 0.6 is 0 Å². The summed E-state index contributed by atoms with van der Waals surface area (Å²) >= 11 is 0. The molecule has 1 aliphatic rings. The van der Waals surface area contributed by atoms with Gasteiger partial charge in [0.15, 0.2) is 0 Å². The van der Waals surface area contributed by atoms with Crippen molar-refractivity contribution in [3.05, 3.63) is 47.8 Å². The molecule has 0 atom stereocenters. The van der Waals surface area contributed by atoms with Crippen molar-refractivity contribution in [2.75, 3.05) is 19.6 Å². The van der Waals surface area contributed by atoms with E-state index in [-0.39, 0.29) is 7.43 Å². The Morgan fingerprint density at radius 1 is 1.32 bits per heavy atom. The maximum Gasteiger partial charge on any atom is 0.137 e. The van der Waals surface area contributed by atoms with Crippen molar-refractivity contribution < 1.29 is 9.47 Å². The Kier molecular flexibility index (Phi) is 5.83. The fraction of sp³-hybridized carbons (Fsp3) is 0.429. The maximum absolute atomic E-state index is 6.29. The van der Waals surface area contributed by atoms with Crippen molar-refractivity contribution in [3.8, 4) is 16.9 Å². The third kappa shape index (κ3) is 3.26. The molecule has 0 aliphatic heterocycles. The van der Waals surface area contributed by atoms with E-state index in [2.05, 4.69) is 19.6 Å². The lowest BCUT2D eigenvalue weighted by Gasteiger charge is -2.28. The van der Waals surface area contributed by atoms with Crippen molar-refractivity contribution in [2.45, 2.75) is 46.5 Å². The average Bonchev–Trinajstić information content (AvgIpc) is 2.83. The standard InChI is InChI=1S/C20H26N2O2.CH4/c1-5-24-14(3)20-19(15-8-6-9-15)17(12-22(20)21)16-10-7-11-18(23-4)13(16)2;/h7,10-12,15H,3,5-6,8-9,21H2,1-2,4H3;1H4. The van der Waals surface area contributed by atoms with Crippen LogP contribution < -0.4 is 10.6 Å². The molecule has 4 nitrogen and oxygen atoms in total. The number of hydrogen-bond donors (Lipinski definition) is 1. The van der Waals surface area contributed by atoms with Gasteiger partial charge in [-0.3, -0.25) is 4.68 Å². The first-order chi connectivity index (χ1) is 11.6. The van der Waals surface area contributed by atoms with Crippen LogP contribution in [0.2, 0.25) is 0 Å². The molecular formula is C21H30N2O2. The molecule has 1 aliphatic carbocycles. The Balaban J connectivity index is 0.00000225. The number of rotatable bonds is 6. The van der Waals surface area contributed by atoms with Gasteiger partial charge in [0.2, 0.25) is 0 Å². The lowest BCUT2D eigenvalue weighted by Crippen LogP contribution is -2.16. The molecule has 0 radical (unpaired) electrons. The predicted octanol–water partition coefficient (Wildman–Crippen LogP) is 5.10. The molecule has 0 saturated heterocycles. The van der Waals surface area contributed by atoms with E-state index in [9.17, 15) is 0 Å². The fourth-order valence-corrected chi connectivity index (χ4v) is 3.53. The molecule has 4 heteroatoms. The average molecular weight is 342 g/mol. The van der Waals surface area contributed by atoms with Crippen LogP contribution in [0.15, 0.2) is 31.0 Å². The van der Waals surface area contributed by atoms with Crippen molar-refractivity contribution in [3.63, 3.8) is 0 Å². The van der Waals surface area contributed by atoms with Crippen LogP contribution in [0.4, 0.5) is 0 Å². The summed E-state index contributed by atoms with van der Waals surface area (Å²) in [6.07, 6.45) is 5.63. The summed E-state index contributed by atoms with van der Waals surface area (Å²) in [5, 5.41) is 0. The van der Waals surface area contributed by atoms with E-state index in [1.165, 1.54) is 24.8 Å². The molecule has 1 aromatic carbocycles. The van der Waals surface area contributed by atoms with Gasteiger partial charge in [0.25, 0.3) is 0 Å². The van der Waals surface area contributed by atoms with E-state index in [1.54, 1.807) is 11.8 Å². The molecule has 0 spiro atoms. The van der Waals surface area contributed by atoms with Gasteiger partial charge in [-0.2, -0.15) is 0 Å². The number of methoxy groups -OCH3 is 1. The molecule has 0 unspecified atom stereocenters. The van der Waals surface area contributed by atoms with Crippen molar-refractivity contribution in [2.24, 2.45) is 0 Å². The van der Waals surface area contributed by atoms with Gasteiger partial charge in [0.05, 0.1) is 13.7 Å². The lowest BCUT2D eigenvalue weighted by atomic mass is 9.77.